The van der Waals surface area contributed by atoms with E-state index in [1.807, 2.05) is 37.3 Å². The van der Waals surface area contributed by atoms with Gasteiger partial charge in [0.25, 0.3) is 5.91 Å². The number of ether oxygens (including phenoxy) is 2. The van der Waals surface area contributed by atoms with Crippen LogP contribution >= 0.6 is 0 Å². The summed E-state index contributed by atoms with van der Waals surface area (Å²) in [6.45, 7) is 6.17. The molecule has 0 bridgehead atoms. The molecule has 3 aliphatic rings. The normalized spacial score (nSPS) is 25.7. The number of amides is 3. The summed E-state index contributed by atoms with van der Waals surface area (Å²) in [5.74, 6) is 0.664. The van der Waals surface area contributed by atoms with Crippen LogP contribution in [0.25, 0.3) is 0 Å². The van der Waals surface area contributed by atoms with Gasteiger partial charge in [0.1, 0.15) is 5.75 Å². The number of carbonyl (C=O) groups is 2. The van der Waals surface area contributed by atoms with E-state index < -0.39 is 5.54 Å². The van der Waals surface area contributed by atoms with Crippen LogP contribution in [0.3, 0.4) is 0 Å². The van der Waals surface area contributed by atoms with Crippen molar-refractivity contribution in [1.29, 1.82) is 0 Å². The Bertz CT molecular complexity index is 1020. The van der Waals surface area contributed by atoms with Crippen molar-refractivity contribution in [3.63, 3.8) is 0 Å². The smallest absolute Gasteiger partial charge is 0.325 e. The number of benzene rings is 1. The van der Waals surface area contributed by atoms with Crippen molar-refractivity contribution in [3.8, 4) is 5.75 Å². The summed E-state index contributed by atoms with van der Waals surface area (Å²) < 4.78 is 11.3. The van der Waals surface area contributed by atoms with Crippen LogP contribution in [0.4, 0.5) is 4.79 Å². The van der Waals surface area contributed by atoms with Gasteiger partial charge in [-0.1, -0.05) is 18.2 Å². The SMILES string of the molecule is CCOc1ccc(CN2CCC(C3(c4ccccn4)NC(=O)N(CC4CCCO4)C3=O)CC2)cc1. The molecular formula is C27H34N4O4. The Morgan fingerprint density at radius 1 is 1.11 bits per heavy atom. The highest BCUT2D eigenvalue weighted by Gasteiger charge is 2.58. The van der Waals surface area contributed by atoms with Crippen LogP contribution < -0.4 is 10.1 Å². The summed E-state index contributed by atoms with van der Waals surface area (Å²) in [4.78, 5) is 35.3. The molecule has 1 N–H and O–H groups in total. The minimum absolute atomic E-state index is 0.0278. The van der Waals surface area contributed by atoms with Crippen LogP contribution in [0, 0.1) is 5.92 Å². The molecule has 3 aliphatic heterocycles. The third-order valence-corrected chi connectivity index (χ3v) is 7.45. The molecule has 2 atom stereocenters. The average Bonchev–Trinajstić information content (AvgIpc) is 3.49. The number of imide groups is 1. The number of aromatic nitrogens is 1. The summed E-state index contributed by atoms with van der Waals surface area (Å²) in [5, 5.41) is 3.10. The fourth-order valence-electron chi connectivity index (χ4n) is 5.65. The number of pyridine rings is 1. The molecule has 0 aliphatic carbocycles. The third kappa shape index (κ3) is 4.77. The molecule has 1 aromatic heterocycles. The molecule has 35 heavy (non-hydrogen) atoms. The molecule has 1 aromatic carbocycles. The van der Waals surface area contributed by atoms with Gasteiger partial charge in [0.05, 0.1) is 24.9 Å². The summed E-state index contributed by atoms with van der Waals surface area (Å²) >= 11 is 0. The second-order valence-corrected chi connectivity index (χ2v) is 9.63. The van der Waals surface area contributed by atoms with Crippen molar-refractivity contribution in [2.24, 2.45) is 5.92 Å². The molecule has 8 heteroatoms. The second kappa shape index (κ2) is 10.3. The Kier molecular flexibility index (Phi) is 7.02. The fourth-order valence-corrected chi connectivity index (χ4v) is 5.65. The van der Waals surface area contributed by atoms with Crippen LogP contribution in [-0.4, -0.2) is 65.7 Å². The first-order valence-electron chi connectivity index (χ1n) is 12.7. The zero-order chi connectivity index (χ0) is 24.3. The Hall–Kier alpha value is -2.97. The van der Waals surface area contributed by atoms with Gasteiger partial charge in [0.15, 0.2) is 5.54 Å². The maximum atomic E-state index is 13.9. The summed E-state index contributed by atoms with van der Waals surface area (Å²) in [6.07, 6.45) is 5.05. The van der Waals surface area contributed by atoms with E-state index in [0.717, 1.165) is 51.1 Å². The van der Waals surface area contributed by atoms with E-state index in [2.05, 4.69) is 27.3 Å². The highest BCUT2D eigenvalue weighted by Crippen LogP contribution is 2.41. The molecule has 4 heterocycles. The van der Waals surface area contributed by atoms with Gasteiger partial charge in [-0.2, -0.15) is 0 Å². The Morgan fingerprint density at radius 3 is 2.57 bits per heavy atom. The summed E-state index contributed by atoms with van der Waals surface area (Å²) in [6, 6.07) is 13.5. The lowest BCUT2D eigenvalue weighted by Crippen LogP contribution is -2.54. The maximum Gasteiger partial charge on any atom is 0.325 e. The molecule has 3 fully saturated rings. The van der Waals surface area contributed by atoms with E-state index >= 15 is 0 Å². The third-order valence-electron chi connectivity index (χ3n) is 7.45. The zero-order valence-corrected chi connectivity index (χ0v) is 20.3. The minimum atomic E-state index is -1.12. The van der Waals surface area contributed by atoms with Crippen molar-refractivity contribution in [2.45, 2.75) is 50.8 Å². The maximum absolute atomic E-state index is 13.9. The topological polar surface area (TPSA) is 84.0 Å². The Balaban J connectivity index is 1.31. The number of rotatable bonds is 8. The lowest BCUT2D eigenvalue weighted by Gasteiger charge is -2.40. The largest absolute Gasteiger partial charge is 0.494 e. The molecule has 8 nitrogen and oxygen atoms in total. The lowest BCUT2D eigenvalue weighted by atomic mass is 9.75. The van der Waals surface area contributed by atoms with E-state index in [0.29, 0.717) is 25.5 Å². The van der Waals surface area contributed by atoms with Gasteiger partial charge in [-0.05, 0) is 81.4 Å². The minimum Gasteiger partial charge on any atom is -0.494 e. The Labute approximate surface area is 206 Å². The first-order valence-corrected chi connectivity index (χ1v) is 12.7. The van der Waals surface area contributed by atoms with Gasteiger partial charge in [0, 0.05) is 19.3 Å². The standard InChI is InChI=1S/C27H34N4O4/c1-2-34-22-10-8-20(9-11-22)18-30-15-12-21(13-16-30)27(24-7-3-4-14-28-24)25(32)31(26(33)29-27)19-23-6-5-17-35-23/h3-4,7-11,14,21,23H,2,5-6,12-13,15-19H2,1H3,(H,29,33). The van der Waals surface area contributed by atoms with Crippen molar-refractivity contribution in [2.75, 3.05) is 32.8 Å². The van der Waals surface area contributed by atoms with Gasteiger partial charge >= 0.3 is 6.03 Å². The van der Waals surface area contributed by atoms with Crippen molar-refractivity contribution in [1.82, 2.24) is 20.1 Å². The predicted molar refractivity (Wildman–Crippen MR) is 131 cm³/mol. The van der Waals surface area contributed by atoms with Crippen LogP contribution in [0.5, 0.6) is 5.75 Å². The number of carbonyl (C=O) groups excluding carboxylic acids is 2. The first kappa shape index (κ1) is 23.8. The zero-order valence-electron chi connectivity index (χ0n) is 20.3. The molecular weight excluding hydrogens is 444 g/mol. The number of hydrogen-bond acceptors (Lipinski definition) is 6. The van der Waals surface area contributed by atoms with Crippen molar-refractivity contribution in [3.05, 3.63) is 59.9 Å². The second-order valence-electron chi connectivity index (χ2n) is 9.63. The average molecular weight is 479 g/mol. The number of nitrogens with one attached hydrogen (secondary N) is 1. The molecule has 5 rings (SSSR count). The van der Waals surface area contributed by atoms with Crippen molar-refractivity contribution >= 4 is 11.9 Å². The van der Waals surface area contributed by atoms with E-state index in [1.54, 1.807) is 6.20 Å². The number of urea groups is 1. The molecule has 0 spiro atoms. The highest BCUT2D eigenvalue weighted by molar-refractivity contribution is 6.07. The molecule has 0 saturated carbocycles. The number of nitrogens with zero attached hydrogens (tertiary/aromatic N) is 3. The van der Waals surface area contributed by atoms with E-state index in [4.69, 9.17) is 9.47 Å². The molecule has 3 saturated heterocycles. The van der Waals surface area contributed by atoms with E-state index in [1.165, 1.54) is 10.5 Å². The number of hydrogen-bond donors (Lipinski definition) is 1. The van der Waals surface area contributed by atoms with Gasteiger partial charge in [-0.25, -0.2) is 4.79 Å². The van der Waals surface area contributed by atoms with Gasteiger partial charge < -0.3 is 14.8 Å². The van der Waals surface area contributed by atoms with Crippen LogP contribution in [0.15, 0.2) is 48.7 Å². The molecule has 2 aromatic rings. The van der Waals surface area contributed by atoms with E-state index in [-0.39, 0.29) is 24.0 Å². The quantitative estimate of drug-likeness (QED) is 0.586. The molecule has 186 valence electrons. The van der Waals surface area contributed by atoms with Crippen LogP contribution in [-0.2, 0) is 21.6 Å². The van der Waals surface area contributed by atoms with Gasteiger partial charge in [-0.15, -0.1) is 0 Å². The highest BCUT2D eigenvalue weighted by atomic mass is 16.5. The van der Waals surface area contributed by atoms with Crippen molar-refractivity contribution < 1.29 is 19.1 Å². The summed E-state index contributed by atoms with van der Waals surface area (Å²) in [5.41, 5.74) is 0.736. The fraction of sp³-hybridized carbons (Fsp3) is 0.519. The Morgan fingerprint density at radius 2 is 1.91 bits per heavy atom. The summed E-state index contributed by atoms with van der Waals surface area (Å²) in [7, 11) is 0. The van der Waals surface area contributed by atoms with Gasteiger partial charge in [0.2, 0.25) is 0 Å². The van der Waals surface area contributed by atoms with Crippen LogP contribution in [0.2, 0.25) is 0 Å². The van der Waals surface area contributed by atoms with E-state index in [9.17, 15) is 9.59 Å². The van der Waals surface area contributed by atoms with Gasteiger partial charge in [-0.3, -0.25) is 19.6 Å². The number of piperidine rings is 1. The molecule has 0 radical (unpaired) electrons. The molecule has 3 amide bonds. The number of likely N-dealkylation sites (tertiary alicyclic amines) is 1. The van der Waals surface area contributed by atoms with Crippen LogP contribution in [0.1, 0.15) is 43.9 Å². The predicted octanol–water partition coefficient (Wildman–Crippen LogP) is 3.32. The first-order chi connectivity index (χ1) is 17.1. The lowest BCUT2D eigenvalue weighted by molar-refractivity contribution is -0.135. The molecule has 2 unspecified atom stereocenters. The monoisotopic (exact) mass is 478 g/mol.